The number of methoxy groups -OCH3 is 2. The van der Waals surface area contributed by atoms with Crippen LogP contribution >= 0.6 is 11.6 Å². The van der Waals surface area contributed by atoms with Gasteiger partial charge in [-0.1, -0.05) is 17.7 Å². The number of phenols is 1. The van der Waals surface area contributed by atoms with Crippen LogP contribution in [0.4, 0.5) is 5.69 Å². The summed E-state index contributed by atoms with van der Waals surface area (Å²) >= 11 is 6.06. The van der Waals surface area contributed by atoms with Crippen molar-refractivity contribution < 1.29 is 19.3 Å². The number of halogens is 1. The summed E-state index contributed by atoms with van der Waals surface area (Å²) in [6.07, 6.45) is 1.53. The van der Waals surface area contributed by atoms with Crippen LogP contribution in [0.15, 0.2) is 35.3 Å². The Hall–Kier alpha value is -2.40. The Morgan fingerprint density at radius 1 is 1.13 bits per heavy atom. The van der Waals surface area contributed by atoms with E-state index in [1.165, 1.54) is 20.4 Å². The van der Waals surface area contributed by atoms with Crippen molar-refractivity contribution in [2.24, 2.45) is 4.99 Å². The highest BCUT2D eigenvalue weighted by Crippen LogP contribution is 2.38. The molecule has 2 aromatic rings. The Morgan fingerprint density at radius 3 is 2.52 bits per heavy atom. The lowest BCUT2D eigenvalue weighted by Gasteiger charge is -2.09. The first-order valence-electron chi connectivity index (χ1n) is 7.01. The molecule has 23 heavy (non-hydrogen) atoms. The molecule has 0 bridgehead atoms. The van der Waals surface area contributed by atoms with E-state index in [0.29, 0.717) is 40.1 Å². The topological polar surface area (TPSA) is 60.3 Å². The predicted molar refractivity (Wildman–Crippen MR) is 91.1 cm³/mol. The van der Waals surface area contributed by atoms with Gasteiger partial charge >= 0.3 is 0 Å². The maximum absolute atomic E-state index is 10.2. The number of nitrogens with zero attached hydrogens (tertiary/aromatic N) is 1. The van der Waals surface area contributed by atoms with Crippen LogP contribution in [0.2, 0.25) is 5.02 Å². The van der Waals surface area contributed by atoms with E-state index < -0.39 is 0 Å². The summed E-state index contributed by atoms with van der Waals surface area (Å²) in [4.78, 5) is 4.35. The number of aromatic hydroxyl groups is 1. The van der Waals surface area contributed by atoms with Gasteiger partial charge < -0.3 is 19.3 Å². The fourth-order valence-corrected chi connectivity index (χ4v) is 2.23. The van der Waals surface area contributed by atoms with Gasteiger partial charge in [-0.3, -0.25) is 4.99 Å². The van der Waals surface area contributed by atoms with Crippen molar-refractivity contribution in [1.82, 2.24) is 0 Å². The summed E-state index contributed by atoms with van der Waals surface area (Å²) < 4.78 is 15.8. The van der Waals surface area contributed by atoms with E-state index in [1.54, 1.807) is 30.3 Å². The van der Waals surface area contributed by atoms with Gasteiger partial charge in [0.05, 0.1) is 25.8 Å². The molecule has 0 aromatic heterocycles. The van der Waals surface area contributed by atoms with Crippen molar-refractivity contribution in [1.29, 1.82) is 0 Å². The van der Waals surface area contributed by atoms with E-state index in [9.17, 15) is 5.11 Å². The van der Waals surface area contributed by atoms with Gasteiger partial charge in [0, 0.05) is 23.9 Å². The highest BCUT2D eigenvalue weighted by molar-refractivity contribution is 6.32. The summed E-state index contributed by atoms with van der Waals surface area (Å²) in [6.45, 7) is 2.32. The van der Waals surface area contributed by atoms with E-state index in [2.05, 4.69) is 4.99 Å². The number of hydrogen-bond donors (Lipinski definition) is 1. The second-order valence-corrected chi connectivity index (χ2v) is 4.95. The molecule has 0 radical (unpaired) electrons. The lowest BCUT2D eigenvalue weighted by molar-refractivity contribution is 0.318. The molecule has 0 aliphatic carbocycles. The van der Waals surface area contributed by atoms with Gasteiger partial charge in [-0.15, -0.1) is 0 Å². The van der Waals surface area contributed by atoms with Crippen LogP contribution in [0, 0.1) is 0 Å². The molecule has 1 N–H and O–H groups in total. The van der Waals surface area contributed by atoms with E-state index >= 15 is 0 Å². The molecule has 0 atom stereocenters. The molecule has 0 saturated carbocycles. The van der Waals surface area contributed by atoms with Crippen LogP contribution < -0.4 is 14.2 Å². The van der Waals surface area contributed by atoms with Crippen molar-refractivity contribution in [2.75, 3.05) is 20.8 Å². The second-order valence-electron chi connectivity index (χ2n) is 4.54. The number of hydrogen-bond acceptors (Lipinski definition) is 5. The normalized spacial score (nSPS) is 10.8. The standard InChI is InChI=1S/C17H18ClNO4/c1-4-23-14-7-5-6-11(17(14)20)10-19-13-9-15(21-2)12(18)8-16(13)22-3/h5-10,20H,4H2,1-3H3. The smallest absolute Gasteiger partial charge is 0.166 e. The number of ether oxygens (including phenoxy) is 3. The van der Waals surface area contributed by atoms with Crippen molar-refractivity contribution in [3.8, 4) is 23.0 Å². The molecular weight excluding hydrogens is 318 g/mol. The van der Waals surface area contributed by atoms with Gasteiger partial charge in [0.1, 0.15) is 17.2 Å². The molecule has 0 spiro atoms. The van der Waals surface area contributed by atoms with Crippen LogP contribution in [0.3, 0.4) is 0 Å². The Balaban J connectivity index is 2.39. The van der Waals surface area contributed by atoms with E-state index in [4.69, 9.17) is 25.8 Å². The summed E-state index contributed by atoms with van der Waals surface area (Å²) in [5.41, 5.74) is 1.07. The average molecular weight is 336 g/mol. The van der Waals surface area contributed by atoms with E-state index in [0.717, 1.165) is 0 Å². The maximum atomic E-state index is 10.2. The Kier molecular flexibility index (Phi) is 5.71. The minimum Gasteiger partial charge on any atom is -0.504 e. The monoisotopic (exact) mass is 335 g/mol. The van der Waals surface area contributed by atoms with Crippen LogP contribution in [0.5, 0.6) is 23.0 Å². The van der Waals surface area contributed by atoms with Crippen molar-refractivity contribution >= 4 is 23.5 Å². The number of rotatable bonds is 6. The van der Waals surface area contributed by atoms with Crippen LogP contribution in [-0.4, -0.2) is 32.1 Å². The molecule has 0 unspecified atom stereocenters. The fourth-order valence-electron chi connectivity index (χ4n) is 2.00. The third-order valence-electron chi connectivity index (χ3n) is 3.13. The van der Waals surface area contributed by atoms with Gasteiger partial charge in [-0.25, -0.2) is 0 Å². The minimum atomic E-state index is 0.0398. The van der Waals surface area contributed by atoms with Gasteiger partial charge in [-0.2, -0.15) is 0 Å². The summed E-state index contributed by atoms with van der Waals surface area (Å²) in [7, 11) is 3.06. The van der Waals surface area contributed by atoms with E-state index in [-0.39, 0.29) is 5.75 Å². The van der Waals surface area contributed by atoms with Crippen LogP contribution in [0.25, 0.3) is 0 Å². The zero-order chi connectivity index (χ0) is 16.8. The Bertz CT molecular complexity index is 716. The van der Waals surface area contributed by atoms with Crippen molar-refractivity contribution in [3.05, 3.63) is 40.9 Å². The molecule has 6 heteroatoms. The molecular formula is C17H18ClNO4. The van der Waals surface area contributed by atoms with Crippen LogP contribution in [-0.2, 0) is 0 Å². The Morgan fingerprint density at radius 2 is 1.87 bits per heavy atom. The largest absolute Gasteiger partial charge is 0.504 e. The Labute approximate surface area is 140 Å². The zero-order valence-electron chi connectivity index (χ0n) is 13.2. The van der Waals surface area contributed by atoms with Crippen molar-refractivity contribution in [2.45, 2.75) is 6.92 Å². The maximum Gasteiger partial charge on any atom is 0.166 e. The van der Waals surface area contributed by atoms with Gasteiger partial charge in [0.25, 0.3) is 0 Å². The highest BCUT2D eigenvalue weighted by atomic mass is 35.5. The first-order chi connectivity index (χ1) is 11.1. The number of phenolic OH excluding ortho intramolecular Hbond substituents is 1. The number of para-hydroxylation sites is 1. The van der Waals surface area contributed by atoms with Gasteiger partial charge in [0.15, 0.2) is 11.5 Å². The third-order valence-corrected chi connectivity index (χ3v) is 3.42. The molecule has 122 valence electrons. The first kappa shape index (κ1) is 17.0. The van der Waals surface area contributed by atoms with E-state index in [1.807, 2.05) is 6.92 Å². The summed E-state index contributed by atoms with van der Waals surface area (Å²) in [6, 6.07) is 8.51. The SMILES string of the molecule is CCOc1cccc(C=Nc2cc(OC)c(Cl)cc2OC)c1O. The van der Waals surface area contributed by atoms with Gasteiger partial charge in [-0.05, 0) is 19.1 Å². The fraction of sp³-hybridized carbons (Fsp3) is 0.235. The number of aliphatic imine (C=N–C) groups is 1. The highest BCUT2D eigenvalue weighted by Gasteiger charge is 2.10. The third kappa shape index (κ3) is 3.87. The lowest BCUT2D eigenvalue weighted by atomic mass is 10.2. The zero-order valence-corrected chi connectivity index (χ0v) is 13.9. The minimum absolute atomic E-state index is 0.0398. The molecule has 2 aromatic carbocycles. The predicted octanol–water partition coefficient (Wildman–Crippen LogP) is 4.21. The molecule has 0 fully saturated rings. The molecule has 0 aliphatic heterocycles. The number of benzene rings is 2. The van der Waals surface area contributed by atoms with Crippen LogP contribution in [0.1, 0.15) is 12.5 Å². The molecule has 5 nitrogen and oxygen atoms in total. The summed E-state index contributed by atoms with van der Waals surface area (Å²) in [5.74, 6) is 1.45. The molecule has 0 aliphatic rings. The molecule has 0 amide bonds. The molecule has 0 saturated heterocycles. The molecule has 2 rings (SSSR count). The van der Waals surface area contributed by atoms with Gasteiger partial charge in [0.2, 0.25) is 0 Å². The second kappa shape index (κ2) is 7.74. The average Bonchev–Trinajstić information content (AvgIpc) is 2.56. The first-order valence-corrected chi connectivity index (χ1v) is 7.38. The quantitative estimate of drug-likeness (QED) is 0.803. The van der Waals surface area contributed by atoms with Crippen molar-refractivity contribution in [3.63, 3.8) is 0 Å². The summed E-state index contributed by atoms with van der Waals surface area (Å²) in [5, 5.41) is 10.6. The molecule has 0 heterocycles. The lowest BCUT2D eigenvalue weighted by Crippen LogP contribution is -1.94.